The molecule has 0 aliphatic carbocycles. The summed E-state index contributed by atoms with van der Waals surface area (Å²) in [7, 11) is 0. The number of unbranched alkanes of at least 4 members (excludes halogenated alkanes) is 36. The van der Waals surface area contributed by atoms with E-state index in [1.165, 1.54) is 186 Å². The molecule has 0 aromatic carbocycles. The Morgan fingerprint density at radius 2 is 0.784 bits per heavy atom. The van der Waals surface area contributed by atoms with Crippen LogP contribution in [0.5, 0.6) is 0 Å². The first-order valence-electron chi connectivity index (χ1n) is 36.2. The molecule has 2 saturated heterocycles. The number of aliphatic hydroxyl groups is 8. The Kier molecular flexibility index (Phi) is 54.0. The highest BCUT2D eigenvalue weighted by atomic mass is 16.7. The van der Waals surface area contributed by atoms with Gasteiger partial charge in [-0.1, -0.05) is 299 Å². The third-order valence-corrected chi connectivity index (χ3v) is 17.4. The zero-order valence-corrected chi connectivity index (χ0v) is 55.7. The van der Waals surface area contributed by atoms with E-state index in [-0.39, 0.29) is 18.9 Å². The quantitative estimate of drug-likeness (QED) is 0.0204. The minimum atomic E-state index is -1.79. The zero-order valence-electron chi connectivity index (χ0n) is 55.7. The highest BCUT2D eigenvalue weighted by Crippen LogP contribution is 2.30. The van der Waals surface area contributed by atoms with Crippen LogP contribution in [0.15, 0.2) is 72.9 Å². The predicted octanol–water partition coefficient (Wildman–Crippen LogP) is 15.0. The van der Waals surface area contributed by atoms with Gasteiger partial charge in [0.2, 0.25) is 5.91 Å². The number of ether oxygens (including phenoxy) is 4. The first kappa shape index (κ1) is 81.5. The molecule has 88 heavy (non-hydrogen) atoms. The van der Waals surface area contributed by atoms with Gasteiger partial charge in [-0.15, -0.1) is 0 Å². The lowest BCUT2D eigenvalue weighted by Gasteiger charge is -2.46. The van der Waals surface area contributed by atoms with Gasteiger partial charge in [-0.05, 0) is 64.2 Å². The third-order valence-electron chi connectivity index (χ3n) is 17.4. The van der Waals surface area contributed by atoms with Crippen LogP contribution in [0.2, 0.25) is 0 Å². The average Bonchev–Trinajstić information content (AvgIpc) is 2.01. The highest BCUT2D eigenvalue weighted by Gasteiger charge is 2.51. The van der Waals surface area contributed by atoms with Crippen LogP contribution in [0.4, 0.5) is 0 Å². The van der Waals surface area contributed by atoms with Crippen LogP contribution < -0.4 is 5.32 Å². The Bertz CT molecular complexity index is 1750. The number of amides is 1. The Hall–Kier alpha value is -2.57. The van der Waals surface area contributed by atoms with Gasteiger partial charge in [-0.25, -0.2) is 0 Å². The number of nitrogens with one attached hydrogen (secondary N) is 1. The molecule has 1 amide bonds. The fourth-order valence-corrected chi connectivity index (χ4v) is 11.7. The number of hydrogen-bond donors (Lipinski definition) is 9. The van der Waals surface area contributed by atoms with E-state index in [9.17, 15) is 45.6 Å². The number of carbonyl (C=O) groups is 1. The SMILES string of the molecule is CC/C=C\C/C=C\C/C=C\C/C=C\C/C=C\CCCCCCCC(=O)NC(COC1OC(CO)C(OC2OC(CO)C(O)C(O)C2O)C(O)C1O)C(O)/C=C/CCCCCCCCCCCCCCCCCCCCCCCCCCCCCCCCC. The topological polar surface area (TPSA) is 228 Å². The number of carbonyl (C=O) groups excluding carboxylic acids is 1. The summed E-state index contributed by atoms with van der Waals surface area (Å²) in [5.74, 6) is -0.257. The molecule has 14 heteroatoms. The minimum absolute atomic E-state index is 0.256. The number of aliphatic hydroxyl groups excluding tert-OH is 8. The van der Waals surface area contributed by atoms with Gasteiger partial charge in [-0.2, -0.15) is 0 Å². The monoisotopic (exact) mass is 1240 g/mol. The van der Waals surface area contributed by atoms with Gasteiger partial charge in [0.25, 0.3) is 0 Å². The van der Waals surface area contributed by atoms with Crippen molar-refractivity contribution in [3.63, 3.8) is 0 Å². The second kappa shape index (κ2) is 58.3. The molecule has 0 bridgehead atoms. The van der Waals surface area contributed by atoms with Gasteiger partial charge in [-0.3, -0.25) is 4.79 Å². The van der Waals surface area contributed by atoms with Crippen LogP contribution in [0.1, 0.15) is 296 Å². The molecule has 0 aromatic rings. The highest BCUT2D eigenvalue weighted by molar-refractivity contribution is 5.76. The molecule has 0 saturated carbocycles. The van der Waals surface area contributed by atoms with Crippen molar-refractivity contribution in [2.45, 2.75) is 370 Å². The van der Waals surface area contributed by atoms with E-state index in [0.29, 0.717) is 6.42 Å². The number of rotatable bonds is 59. The first-order chi connectivity index (χ1) is 43.1. The summed E-state index contributed by atoms with van der Waals surface area (Å²) in [4.78, 5) is 13.3. The maximum atomic E-state index is 13.3. The normalized spacial score (nSPS) is 23.6. The van der Waals surface area contributed by atoms with Gasteiger partial charge >= 0.3 is 0 Å². The fourth-order valence-electron chi connectivity index (χ4n) is 11.7. The molecule has 2 fully saturated rings. The van der Waals surface area contributed by atoms with Crippen LogP contribution in [-0.2, 0) is 23.7 Å². The van der Waals surface area contributed by atoms with Crippen molar-refractivity contribution in [1.82, 2.24) is 5.32 Å². The number of hydrogen-bond acceptors (Lipinski definition) is 13. The Balaban J connectivity index is 1.66. The molecule has 0 aromatic heterocycles. The van der Waals surface area contributed by atoms with E-state index in [2.05, 4.69) is 79.9 Å². The standard InChI is InChI=1S/C74H133NO13/c1-3-5-7-9-11-13-15-17-19-21-23-25-26-27-28-29-30-31-32-33-34-35-36-38-39-41-43-45-47-49-51-53-55-57-63(78)62(61-85-73-71(84)69(82)72(65(60-77)87-73)88-74-70(83)68(81)67(80)64(59-76)86-74)75-66(79)58-56-54-52-50-48-46-44-42-40-37-24-22-20-18-16-14-12-10-8-6-4-2/h6,8,12,14,18,20,24,37,42,44,55,57,62-65,67-74,76-78,80-84H,3-5,7,9-11,13,15-17,19,21-23,25-36,38-41,43,45-54,56,58-61H2,1-2H3,(H,75,79)/b8-6-,14-12-,20-18-,37-24-,44-42-,57-55+. The van der Waals surface area contributed by atoms with E-state index >= 15 is 0 Å². The molecule has 12 atom stereocenters. The van der Waals surface area contributed by atoms with Crippen molar-refractivity contribution in [3.8, 4) is 0 Å². The molecule has 2 aliphatic rings. The van der Waals surface area contributed by atoms with Gasteiger partial charge in [0.05, 0.1) is 32.0 Å². The maximum absolute atomic E-state index is 13.3. The molecule has 14 nitrogen and oxygen atoms in total. The Morgan fingerprint density at radius 1 is 0.420 bits per heavy atom. The lowest BCUT2D eigenvalue weighted by molar-refractivity contribution is -0.359. The summed E-state index contributed by atoms with van der Waals surface area (Å²) in [6.45, 7) is 2.70. The summed E-state index contributed by atoms with van der Waals surface area (Å²) in [6.07, 6.45) is 62.5. The van der Waals surface area contributed by atoms with E-state index in [4.69, 9.17) is 18.9 Å². The van der Waals surface area contributed by atoms with Crippen LogP contribution in [0, 0.1) is 0 Å². The van der Waals surface area contributed by atoms with Gasteiger partial charge in [0, 0.05) is 6.42 Å². The van der Waals surface area contributed by atoms with Gasteiger partial charge in [0.1, 0.15) is 48.8 Å². The summed E-state index contributed by atoms with van der Waals surface area (Å²) in [6, 6.07) is -0.931. The molecule has 9 N–H and O–H groups in total. The molecular weight excluding hydrogens is 1110 g/mol. The van der Waals surface area contributed by atoms with E-state index in [0.717, 1.165) is 83.5 Å². The predicted molar refractivity (Wildman–Crippen MR) is 360 cm³/mol. The number of allylic oxidation sites excluding steroid dienone is 11. The summed E-state index contributed by atoms with van der Waals surface area (Å²) in [5.41, 5.74) is 0. The minimum Gasteiger partial charge on any atom is -0.394 e. The molecular formula is C74H133NO13. The zero-order chi connectivity index (χ0) is 63.8. The molecule has 512 valence electrons. The maximum Gasteiger partial charge on any atom is 0.220 e. The Labute approximate surface area is 536 Å². The van der Waals surface area contributed by atoms with Crippen molar-refractivity contribution in [2.24, 2.45) is 0 Å². The van der Waals surface area contributed by atoms with E-state index < -0.39 is 86.8 Å². The van der Waals surface area contributed by atoms with Crippen LogP contribution >= 0.6 is 0 Å². The second-order valence-corrected chi connectivity index (χ2v) is 25.3. The summed E-state index contributed by atoms with van der Waals surface area (Å²) in [5, 5.41) is 87.5. The van der Waals surface area contributed by atoms with Gasteiger partial charge < -0.3 is 65.1 Å². The van der Waals surface area contributed by atoms with Crippen molar-refractivity contribution < 1.29 is 64.6 Å². The summed E-state index contributed by atoms with van der Waals surface area (Å²) < 4.78 is 22.8. The van der Waals surface area contributed by atoms with Crippen LogP contribution in [0.25, 0.3) is 0 Å². The molecule has 12 unspecified atom stereocenters. The van der Waals surface area contributed by atoms with Crippen molar-refractivity contribution >= 4 is 5.91 Å². The first-order valence-corrected chi connectivity index (χ1v) is 36.2. The lowest BCUT2D eigenvalue weighted by atomic mass is 9.97. The van der Waals surface area contributed by atoms with E-state index in [1.807, 2.05) is 6.08 Å². The van der Waals surface area contributed by atoms with Crippen molar-refractivity contribution in [3.05, 3.63) is 72.9 Å². The van der Waals surface area contributed by atoms with E-state index in [1.54, 1.807) is 6.08 Å². The van der Waals surface area contributed by atoms with Crippen molar-refractivity contribution in [1.29, 1.82) is 0 Å². The Morgan fingerprint density at radius 3 is 1.20 bits per heavy atom. The smallest absolute Gasteiger partial charge is 0.220 e. The summed E-state index contributed by atoms with van der Waals surface area (Å²) >= 11 is 0. The second-order valence-electron chi connectivity index (χ2n) is 25.3. The fraction of sp³-hybridized carbons (Fsp3) is 0.824. The molecule has 2 rings (SSSR count). The van der Waals surface area contributed by atoms with Crippen LogP contribution in [-0.4, -0.2) is 140 Å². The van der Waals surface area contributed by atoms with Crippen molar-refractivity contribution in [2.75, 3.05) is 19.8 Å². The lowest BCUT2D eigenvalue weighted by Crippen LogP contribution is -2.65. The molecule has 2 aliphatic heterocycles. The third kappa shape index (κ3) is 41.8. The largest absolute Gasteiger partial charge is 0.394 e. The average molecular weight is 1240 g/mol. The molecule has 0 spiro atoms. The van der Waals surface area contributed by atoms with Crippen LogP contribution in [0.3, 0.4) is 0 Å². The van der Waals surface area contributed by atoms with Gasteiger partial charge in [0.15, 0.2) is 12.6 Å². The molecule has 2 heterocycles. The molecule has 0 radical (unpaired) electrons.